The van der Waals surface area contributed by atoms with Crippen molar-refractivity contribution in [2.24, 2.45) is 11.8 Å². The van der Waals surface area contributed by atoms with Gasteiger partial charge in [0.1, 0.15) is 0 Å². The standard InChI is InChI=1S/C10H16F5N/c11-9(12)6-16-5-7-3-1-2-4-8(7)10(13,14)15/h7-9,16H,1-6H2. The monoisotopic (exact) mass is 245 g/mol. The average Bonchev–Trinajstić information content (AvgIpc) is 2.16. The Morgan fingerprint density at radius 3 is 2.31 bits per heavy atom. The molecule has 2 unspecified atom stereocenters. The lowest BCUT2D eigenvalue weighted by Crippen LogP contribution is -2.39. The van der Waals surface area contributed by atoms with E-state index in [9.17, 15) is 22.0 Å². The zero-order valence-electron chi connectivity index (χ0n) is 8.86. The van der Waals surface area contributed by atoms with Crippen LogP contribution in [0.5, 0.6) is 0 Å². The number of rotatable bonds is 4. The third-order valence-corrected chi connectivity index (χ3v) is 3.03. The van der Waals surface area contributed by atoms with Crippen LogP contribution in [0.1, 0.15) is 25.7 Å². The van der Waals surface area contributed by atoms with Gasteiger partial charge < -0.3 is 5.32 Å². The summed E-state index contributed by atoms with van der Waals surface area (Å²) in [7, 11) is 0. The minimum atomic E-state index is -4.20. The van der Waals surface area contributed by atoms with Crippen LogP contribution in [-0.2, 0) is 0 Å². The van der Waals surface area contributed by atoms with E-state index in [4.69, 9.17) is 0 Å². The highest BCUT2D eigenvalue weighted by Gasteiger charge is 2.44. The summed E-state index contributed by atoms with van der Waals surface area (Å²) in [5, 5.41) is 2.41. The van der Waals surface area contributed by atoms with E-state index in [0.717, 1.165) is 6.42 Å². The fourth-order valence-electron chi connectivity index (χ4n) is 2.26. The topological polar surface area (TPSA) is 12.0 Å². The quantitative estimate of drug-likeness (QED) is 0.750. The van der Waals surface area contributed by atoms with E-state index in [2.05, 4.69) is 5.32 Å². The van der Waals surface area contributed by atoms with Crippen LogP contribution in [0.2, 0.25) is 0 Å². The van der Waals surface area contributed by atoms with Crippen LogP contribution in [-0.4, -0.2) is 25.7 Å². The van der Waals surface area contributed by atoms with Gasteiger partial charge in [0.05, 0.1) is 12.5 Å². The van der Waals surface area contributed by atoms with E-state index in [1.54, 1.807) is 0 Å². The van der Waals surface area contributed by atoms with Crippen molar-refractivity contribution in [3.63, 3.8) is 0 Å². The number of hydrogen-bond donors (Lipinski definition) is 1. The fraction of sp³-hybridized carbons (Fsp3) is 1.00. The van der Waals surface area contributed by atoms with E-state index in [1.165, 1.54) is 0 Å². The molecule has 1 nitrogen and oxygen atoms in total. The Morgan fingerprint density at radius 1 is 1.12 bits per heavy atom. The zero-order chi connectivity index (χ0) is 12.2. The Hall–Kier alpha value is -0.390. The van der Waals surface area contributed by atoms with Gasteiger partial charge in [-0.15, -0.1) is 0 Å². The normalized spacial score (nSPS) is 27.4. The Morgan fingerprint density at radius 2 is 1.75 bits per heavy atom. The average molecular weight is 245 g/mol. The van der Waals surface area contributed by atoms with Crippen LogP contribution in [0, 0.1) is 11.8 Å². The highest BCUT2D eigenvalue weighted by atomic mass is 19.4. The second-order valence-electron chi connectivity index (χ2n) is 4.24. The largest absolute Gasteiger partial charge is 0.392 e. The van der Waals surface area contributed by atoms with Crippen molar-refractivity contribution in [2.45, 2.75) is 38.3 Å². The summed E-state index contributed by atoms with van der Waals surface area (Å²) < 4.78 is 61.5. The molecule has 0 bridgehead atoms. The van der Waals surface area contributed by atoms with E-state index in [0.29, 0.717) is 12.8 Å². The van der Waals surface area contributed by atoms with Gasteiger partial charge in [0.2, 0.25) is 0 Å². The van der Waals surface area contributed by atoms with Crippen LogP contribution < -0.4 is 5.32 Å². The van der Waals surface area contributed by atoms with E-state index in [1.807, 2.05) is 0 Å². The third kappa shape index (κ3) is 4.23. The van der Waals surface area contributed by atoms with Crippen LogP contribution in [0.15, 0.2) is 0 Å². The predicted octanol–water partition coefficient (Wildman–Crippen LogP) is 3.21. The number of alkyl halides is 5. The van der Waals surface area contributed by atoms with Crippen LogP contribution in [0.25, 0.3) is 0 Å². The van der Waals surface area contributed by atoms with Crippen molar-refractivity contribution in [1.82, 2.24) is 5.32 Å². The highest BCUT2D eigenvalue weighted by molar-refractivity contribution is 4.81. The summed E-state index contributed by atoms with van der Waals surface area (Å²) in [6.45, 7) is -0.490. The minimum Gasteiger partial charge on any atom is -0.311 e. The van der Waals surface area contributed by atoms with E-state index in [-0.39, 0.29) is 13.0 Å². The smallest absolute Gasteiger partial charge is 0.311 e. The molecule has 16 heavy (non-hydrogen) atoms. The van der Waals surface area contributed by atoms with Crippen molar-refractivity contribution in [3.05, 3.63) is 0 Å². The Balaban J connectivity index is 2.41. The molecule has 1 rings (SSSR count). The molecule has 0 aromatic heterocycles. The summed E-state index contributed by atoms with van der Waals surface area (Å²) in [5.41, 5.74) is 0. The summed E-state index contributed by atoms with van der Waals surface area (Å²) in [6.07, 6.45) is -4.76. The number of halogens is 5. The molecule has 1 aliphatic carbocycles. The number of hydrogen-bond acceptors (Lipinski definition) is 1. The molecule has 0 spiro atoms. The van der Waals surface area contributed by atoms with Gasteiger partial charge >= 0.3 is 6.18 Å². The first-order chi connectivity index (χ1) is 7.41. The molecule has 0 aromatic carbocycles. The summed E-state index contributed by atoms with van der Waals surface area (Å²) in [5.74, 6) is -1.88. The van der Waals surface area contributed by atoms with Crippen LogP contribution in [0.3, 0.4) is 0 Å². The molecule has 0 amide bonds. The first-order valence-electron chi connectivity index (χ1n) is 5.47. The van der Waals surface area contributed by atoms with Gasteiger partial charge in [-0.3, -0.25) is 0 Å². The van der Waals surface area contributed by atoms with Crippen LogP contribution >= 0.6 is 0 Å². The summed E-state index contributed by atoms with van der Waals surface area (Å²) in [6, 6.07) is 0. The Kier molecular flexibility index (Phi) is 4.95. The third-order valence-electron chi connectivity index (χ3n) is 3.03. The van der Waals surface area contributed by atoms with Crippen molar-refractivity contribution in [3.8, 4) is 0 Å². The Bertz CT molecular complexity index is 204. The minimum absolute atomic E-state index is 0.0362. The molecule has 0 radical (unpaired) electrons. The molecule has 0 saturated heterocycles. The molecule has 1 fully saturated rings. The fourth-order valence-corrected chi connectivity index (χ4v) is 2.26. The van der Waals surface area contributed by atoms with Gasteiger partial charge in [-0.2, -0.15) is 13.2 Å². The van der Waals surface area contributed by atoms with Crippen molar-refractivity contribution >= 4 is 0 Å². The second-order valence-corrected chi connectivity index (χ2v) is 4.24. The molecular formula is C10H16F5N. The van der Waals surface area contributed by atoms with Gasteiger partial charge in [0.25, 0.3) is 6.43 Å². The molecule has 96 valence electrons. The van der Waals surface area contributed by atoms with Gasteiger partial charge in [-0.05, 0) is 25.3 Å². The maximum absolute atomic E-state index is 12.6. The highest BCUT2D eigenvalue weighted by Crippen LogP contribution is 2.41. The molecule has 1 saturated carbocycles. The summed E-state index contributed by atoms with van der Waals surface area (Å²) in [4.78, 5) is 0. The second kappa shape index (κ2) is 5.80. The molecule has 1 aliphatic rings. The van der Waals surface area contributed by atoms with Gasteiger partial charge in [0, 0.05) is 0 Å². The first kappa shape index (κ1) is 13.7. The summed E-state index contributed by atoms with van der Waals surface area (Å²) >= 11 is 0. The lowest BCUT2D eigenvalue weighted by atomic mass is 9.79. The van der Waals surface area contributed by atoms with Gasteiger partial charge in [-0.1, -0.05) is 12.8 Å². The number of nitrogens with one attached hydrogen (secondary N) is 1. The SMILES string of the molecule is FC(F)CNCC1CCCCC1C(F)(F)F. The van der Waals surface area contributed by atoms with Gasteiger partial charge in [-0.25, -0.2) is 8.78 Å². The van der Waals surface area contributed by atoms with Crippen molar-refractivity contribution < 1.29 is 22.0 Å². The maximum Gasteiger partial charge on any atom is 0.392 e. The molecule has 0 heterocycles. The van der Waals surface area contributed by atoms with E-state index >= 15 is 0 Å². The lowest BCUT2D eigenvalue weighted by molar-refractivity contribution is -0.195. The zero-order valence-corrected chi connectivity index (χ0v) is 8.86. The van der Waals surface area contributed by atoms with Crippen molar-refractivity contribution in [1.29, 1.82) is 0 Å². The molecule has 1 N–H and O–H groups in total. The molecule has 0 aromatic rings. The van der Waals surface area contributed by atoms with Crippen LogP contribution in [0.4, 0.5) is 22.0 Å². The molecule has 0 aliphatic heterocycles. The molecule has 6 heteroatoms. The maximum atomic E-state index is 12.6. The Labute approximate surface area is 91.4 Å². The van der Waals surface area contributed by atoms with Crippen molar-refractivity contribution in [2.75, 3.05) is 13.1 Å². The lowest BCUT2D eigenvalue weighted by Gasteiger charge is -2.33. The molecule has 2 atom stereocenters. The predicted molar refractivity (Wildman–Crippen MR) is 50.4 cm³/mol. The van der Waals surface area contributed by atoms with E-state index < -0.39 is 31.0 Å². The van der Waals surface area contributed by atoms with Gasteiger partial charge in [0.15, 0.2) is 0 Å². The first-order valence-corrected chi connectivity index (χ1v) is 5.47. The molecular weight excluding hydrogens is 229 g/mol.